The van der Waals surface area contributed by atoms with Crippen molar-refractivity contribution in [2.24, 2.45) is 0 Å². The first-order chi connectivity index (χ1) is 8.60. The fraction of sp³-hybridized carbons (Fsp3) is 0.222. The molecule has 0 aromatic heterocycles. The van der Waals surface area contributed by atoms with Crippen LogP contribution in [0, 0.1) is 13.8 Å². The number of hydrogen-bond acceptors (Lipinski definition) is 0. The van der Waals surface area contributed by atoms with Gasteiger partial charge in [-0.05, 0) is 55.7 Å². The first-order valence-electron chi connectivity index (χ1n) is 6.42. The summed E-state index contributed by atoms with van der Waals surface area (Å²) in [4.78, 5) is 0. The summed E-state index contributed by atoms with van der Waals surface area (Å²) in [5.74, 6) is 0. The van der Waals surface area contributed by atoms with Gasteiger partial charge in [-0.2, -0.15) is 0 Å². The molecule has 2 aromatic rings. The van der Waals surface area contributed by atoms with E-state index in [4.69, 9.17) is 0 Å². The van der Waals surface area contributed by atoms with Gasteiger partial charge in [-0.1, -0.05) is 53.6 Å². The van der Waals surface area contributed by atoms with Gasteiger partial charge < -0.3 is 0 Å². The van der Waals surface area contributed by atoms with Crippen molar-refractivity contribution in [1.82, 2.24) is 0 Å². The minimum atomic E-state index is 1.29. The maximum atomic E-state index is 2.27. The Labute approximate surface area is 110 Å². The second-order valence-electron chi connectivity index (χ2n) is 4.93. The molecule has 0 heteroatoms. The van der Waals surface area contributed by atoms with Crippen LogP contribution >= 0.6 is 0 Å². The van der Waals surface area contributed by atoms with E-state index < -0.39 is 0 Å². The van der Waals surface area contributed by atoms with Crippen molar-refractivity contribution in [3.8, 4) is 0 Å². The van der Waals surface area contributed by atoms with E-state index in [0.717, 1.165) is 0 Å². The van der Waals surface area contributed by atoms with Crippen LogP contribution in [0.4, 0.5) is 0 Å². The topological polar surface area (TPSA) is 0 Å². The molecule has 0 amide bonds. The monoisotopic (exact) mass is 236 g/mol. The zero-order valence-electron chi connectivity index (χ0n) is 11.6. The minimum absolute atomic E-state index is 1.29. The van der Waals surface area contributed by atoms with Crippen molar-refractivity contribution in [3.63, 3.8) is 0 Å². The number of allylic oxidation sites excluding steroid dienone is 3. The molecule has 0 aliphatic heterocycles. The molecular formula is C18H20. The lowest BCUT2D eigenvalue weighted by Crippen LogP contribution is -1.83. The summed E-state index contributed by atoms with van der Waals surface area (Å²) < 4.78 is 0. The zero-order chi connectivity index (χ0) is 13.1. The highest BCUT2D eigenvalue weighted by Gasteiger charge is 1.99. The van der Waals surface area contributed by atoms with Crippen molar-refractivity contribution in [2.75, 3.05) is 0 Å². The number of aryl methyl sites for hydroxylation is 2. The Hall–Kier alpha value is -1.82. The van der Waals surface area contributed by atoms with Crippen LogP contribution in [-0.2, 0) is 0 Å². The van der Waals surface area contributed by atoms with Gasteiger partial charge in [0.15, 0.2) is 0 Å². The molecule has 0 atom stereocenters. The largest absolute Gasteiger partial charge is 0.0847 e. The molecule has 0 aliphatic rings. The summed E-state index contributed by atoms with van der Waals surface area (Å²) >= 11 is 0. The summed E-state index contributed by atoms with van der Waals surface area (Å²) in [6, 6.07) is 11.1. The molecule has 0 heterocycles. The van der Waals surface area contributed by atoms with E-state index in [2.05, 4.69) is 76.3 Å². The normalized spacial score (nSPS) is 12.6. The highest BCUT2D eigenvalue weighted by atomic mass is 14.0. The predicted octanol–water partition coefficient (Wildman–Crippen LogP) is 5.44. The van der Waals surface area contributed by atoms with Gasteiger partial charge in [0.05, 0.1) is 0 Å². The van der Waals surface area contributed by atoms with Gasteiger partial charge in [0.1, 0.15) is 0 Å². The molecule has 0 spiro atoms. The van der Waals surface area contributed by atoms with Crippen LogP contribution in [0.15, 0.2) is 48.1 Å². The molecule has 0 unspecified atom stereocenters. The molecule has 0 nitrogen and oxygen atoms in total. The first-order valence-corrected chi connectivity index (χ1v) is 6.42. The quantitative estimate of drug-likeness (QED) is 0.609. The number of fused-ring (bicyclic) bond motifs is 1. The van der Waals surface area contributed by atoms with Crippen molar-refractivity contribution in [2.45, 2.75) is 27.7 Å². The van der Waals surface area contributed by atoms with E-state index in [9.17, 15) is 0 Å². The standard InChI is InChI=1S/C18H20/c1-5-13(2)6-8-16-12-18-10-14(3)7-9-17(18)11-15(16)4/h5-12H,1-4H3/b8-6-,13-5-. The molecule has 2 rings (SSSR count). The summed E-state index contributed by atoms with van der Waals surface area (Å²) in [5.41, 5.74) is 5.23. The third-order valence-electron chi connectivity index (χ3n) is 3.36. The van der Waals surface area contributed by atoms with Gasteiger partial charge in [0, 0.05) is 0 Å². The molecule has 2 aromatic carbocycles. The lowest BCUT2D eigenvalue weighted by Gasteiger charge is -2.05. The van der Waals surface area contributed by atoms with Gasteiger partial charge in [-0.3, -0.25) is 0 Å². The molecule has 0 N–H and O–H groups in total. The minimum Gasteiger partial charge on any atom is -0.0847 e. The fourth-order valence-electron chi connectivity index (χ4n) is 2.05. The predicted molar refractivity (Wildman–Crippen MR) is 81.9 cm³/mol. The molecule has 0 aliphatic carbocycles. The molecule has 92 valence electrons. The Morgan fingerprint density at radius 1 is 1.00 bits per heavy atom. The smallest absolute Gasteiger partial charge is 0.0175 e. The van der Waals surface area contributed by atoms with Gasteiger partial charge in [0.2, 0.25) is 0 Å². The van der Waals surface area contributed by atoms with Crippen molar-refractivity contribution < 1.29 is 0 Å². The van der Waals surface area contributed by atoms with Gasteiger partial charge >= 0.3 is 0 Å². The van der Waals surface area contributed by atoms with Crippen LogP contribution in [0.2, 0.25) is 0 Å². The third kappa shape index (κ3) is 2.70. The molecule has 18 heavy (non-hydrogen) atoms. The summed E-state index contributed by atoms with van der Waals surface area (Å²) in [6.45, 7) is 8.50. The first kappa shape index (κ1) is 12.6. The Morgan fingerprint density at radius 2 is 1.78 bits per heavy atom. The summed E-state index contributed by atoms with van der Waals surface area (Å²) in [7, 11) is 0. The van der Waals surface area contributed by atoms with E-state index >= 15 is 0 Å². The van der Waals surface area contributed by atoms with E-state index in [1.165, 1.54) is 33.0 Å². The van der Waals surface area contributed by atoms with Crippen LogP contribution in [0.5, 0.6) is 0 Å². The molecule has 0 saturated carbocycles. The van der Waals surface area contributed by atoms with Gasteiger partial charge in [-0.15, -0.1) is 0 Å². The van der Waals surface area contributed by atoms with E-state index in [-0.39, 0.29) is 0 Å². The van der Waals surface area contributed by atoms with Crippen molar-refractivity contribution >= 4 is 16.8 Å². The van der Waals surface area contributed by atoms with Crippen molar-refractivity contribution in [3.05, 3.63) is 64.7 Å². The molecule has 0 fully saturated rings. The highest BCUT2D eigenvalue weighted by molar-refractivity contribution is 5.86. The summed E-state index contributed by atoms with van der Waals surface area (Å²) in [5, 5.41) is 2.64. The van der Waals surface area contributed by atoms with Crippen molar-refractivity contribution in [1.29, 1.82) is 0 Å². The van der Waals surface area contributed by atoms with E-state index in [1.54, 1.807) is 0 Å². The Morgan fingerprint density at radius 3 is 2.50 bits per heavy atom. The van der Waals surface area contributed by atoms with Crippen LogP contribution < -0.4 is 0 Å². The zero-order valence-corrected chi connectivity index (χ0v) is 11.6. The molecule has 0 radical (unpaired) electrons. The Kier molecular flexibility index (Phi) is 3.66. The second kappa shape index (κ2) is 5.22. The maximum Gasteiger partial charge on any atom is -0.0175 e. The van der Waals surface area contributed by atoms with Crippen LogP contribution in [0.25, 0.3) is 16.8 Å². The average molecular weight is 236 g/mol. The molecule has 0 saturated heterocycles. The maximum absolute atomic E-state index is 2.27. The average Bonchev–Trinajstić information content (AvgIpc) is 2.36. The van der Waals surface area contributed by atoms with E-state index in [1.807, 2.05) is 0 Å². The lowest BCUT2D eigenvalue weighted by atomic mass is 9.99. The lowest BCUT2D eigenvalue weighted by molar-refractivity contribution is 1.44. The van der Waals surface area contributed by atoms with Crippen LogP contribution in [-0.4, -0.2) is 0 Å². The Bertz CT molecular complexity index is 628. The fourth-order valence-corrected chi connectivity index (χ4v) is 2.05. The Balaban J connectivity index is 2.51. The van der Waals surface area contributed by atoms with E-state index in [0.29, 0.717) is 0 Å². The highest BCUT2D eigenvalue weighted by Crippen LogP contribution is 2.22. The number of benzene rings is 2. The van der Waals surface area contributed by atoms with Gasteiger partial charge in [-0.25, -0.2) is 0 Å². The van der Waals surface area contributed by atoms with Crippen LogP contribution in [0.3, 0.4) is 0 Å². The number of hydrogen-bond donors (Lipinski definition) is 0. The number of rotatable bonds is 2. The molecule has 0 bridgehead atoms. The second-order valence-corrected chi connectivity index (χ2v) is 4.93. The SMILES string of the molecule is C/C=C(C)\C=C/c1cc2cc(C)ccc2cc1C. The summed E-state index contributed by atoms with van der Waals surface area (Å²) in [6.07, 6.45) is 6.49. The molecular weight excluding hydrogens is 216 g/mol. The third-order valence-corrected chi connectivity index (χ3v) is 3.36. The van der Waals surface area contributed by atoms with Gasteiger partial charge in [0.25, 0.3) is 0 Å². The van der Waals surface area contributed by atoms with Crippen LogP contribution in [0.1, 0.15) is 30.5 Å².